The van der Waals surface area contributed by atoms with Crippen molar-refractivity contribution in [2.24, 2.45) is 5.92 Å². The van der Waals surface area contributed by atoms with Crippen molar-refractivity contribution >= 4 is 33.3 Å². The van der Waals surface area contributed by atoms with Gasteiger partial charge in [-0.25, -0.2) is 13.2 Å². The van der Waals surface area contributed by atoms with E-state index in [2.05, 4.69) is 10.6 Å². The monoisotopic (exact) mass is 422 g/mol. The maximum Gasteiger partial charge on any atom is 0.329 e. The van der Waals surface area contributed by atoms with Gasteiger partial charge in [-0.3, -0.25) is 9.59 Å². The highest BCUT2D eigenvalue weighted by molar-refractivity contribution is 7.90. The molecule has 2 amide bonds. The quantitative estimate of drug-likeness (QED) is 0.618. The molecule has 2 rings (SSSR count). The summed E-state index contributed by atoms with van der Waals surface area (Å²) in [5.41, 5.74) is 0.352. The fourth-order valence-corrected chi connectivity index (χ4v) is 2.96. The lowest BCUT2D eigenvalue weighted by Crippen LogP contribution is -2.45. The van der Waals surface area contributed by atoms with Crippen LogP contribution in [0.3, 0.4) is 0 Å². The van der Waals surface area contributed by atoms with Crippen LogP contribution in [-0.2, 0) is 24.2 Å². The maximum absolute atomic E-state index is 12.3. The lowest BCUT2D eigenvalue weighted by Gasteiger charge is -2.20. The maximum atomic E-state index is 12.3. The summed E-state index contributed by atoms with van der Waals surface area (Å²) in [7, 11) is -3.34. The molecule has 9 nitrogen and oxygen atoms in total. The summed E-state index contributed by atoms with van der Waals surface area (Å²) in [6.07, 6.45) is 2.42. The van der Waals surface area contributed by atoms with Crippen LogP contribution in [0.25, 0.3) is 0 Å². The minimum atomic E-state index is -3.34. The normalized spacial score (nSPS) is 12.3. The summed E-state index contributed by atoms with van der Waals surface area (Å²) in [4.78, 5) is 36.5. The number of anilines is 1. The summed E-state index contributed by atoms with van der Waals surface area (Å²) in [5.74, 6) is -2.17. The third-order valence-electron chi connectivity index (χ3n) is 3.86. The number of amides is 2. The Morgan fingerprint density at radius 3 is 2.28 bits per heavy atom. The van der Waals surface area contributed by atoms with E-state index in [0.717, 1.165) is 6.26 Å². The van der Waals surface area contributed by atoms with Crippen LogP contribution in [0, 0.1) is 5.92 Å². The molecule has 0 unspecified atom stereocenters. The molecule has 29 heavy (non-hydrogen) atoms. The number of hydrogen-bond donors (Lipinski definition) is 2. The van der Waals surface area contributed by atoms with Gasteiger partial charge in [0.25, 0.3) is 11.8 Å². The van der Waals surface area contributed by atoms with E-state index in [0.29, 0.717) is 5.69 Å². The Labute approximate surface area is 168 Å². The molecule has 0 bridgehead atoms. The zero-order valence-corrected chi connectivity index (χ0v) is 17.0. The van der Waals surface area contributed by atoms with Gasteiger partial charge < -0.3 is 19.8 Å². The smallest absolute Gasteiger partial charge is 0.329 e. The van der Waals surface area contributed by atoms with Gasteiger partial charge in [0.2, 0.25) is 0 Å². The second-order valence-electron chi connectivity index (χ2n) is 6.62. The highest BCUT2D eigenvalue weighted by Gasteiger charge is 2.27. The number of ether oxygens (including phenoxy) is 1. The molecular formula is C19H22N2O7S. The average molecular weight is 422 g/mol. The van der Waals surface area contributed by atoms with Gasteiger partial charge in [0.05, 0.1) is 11.2 Å². The summed E-state index contributed by atoms with van der Waals surface area (Å²) in [6, 6.07) is 7.61. The number of carbonyl (C=O) groups is 3. The Morgan fingerprint density at radius 2 is 1.76 bits per heavy atom. The molecule has 0 aliphatic heterocycles. The molecule has 2 aromatic rings. The average Bonchev–Trinajstić information content (AvgIpc) is 3.18. The zero-order valence-electron chi connectivity index (χ0n) is 16.2. The summed E-state index contributed by atoms with van der Waals surface area (Å²) in [5, 5.41) is 5.01. The van der Waals surface area contributed by atoms with Crippen molar-refractivity contribution in [2.75, 3.05) is 18.2 Å². The van der Waals surface area contributed by atoms with Crippen LogP contribution in [0.1, 0.15) is 24.4 Å². The van der Waals surface area contributed by atoms with Crippen molar-refractivity contribution in [1.82, 2.24) is 5.32 Å². The molecule has 2 N–H and O–H groups in total. The number of hydrogen-bond acceptors (Lipinski definition) is 7. The Bertz CT molecular complexity index is 964. The number of sulfone groups is 1. The minimum Gasteiger partial charge on any atom is -0.459 e. The van der Waals surface area contributed by atoms with Crippen molar-refractivity contribution in [3.63, 3.8) is 0 Å². The van der Waals surface area contributed by atoms with Crippen LogP contribution in [0.5, 0.6) is 0 Å². The Morgan fingerprint density at radius 1 is 1.10 bits per heavy atom. The van der Waals surface area contributed by atoms with Crippen molar-refractivity contribution in [2.45, 2.75) is 24.8 Å². The first-order chi connectivity index (χ1) is 13.6. The Balaban J connectivity index is 1.90. The van der Waals surface area contributed by atoms with Gasteiger partial charge in [0.15, 0.2) is 22.2 Å². The van der Waals surface area contributed by atoms with E-state index in [1.165, 1.54) is 36.6 Å². The first-order valence-corrected chi connectivity index (χ1v) is 10.6. The van der Waals surface area contributed by atoms with Gasteiger partial charge in [-0.05, 0) is 42.3 Å². The number of esters is 1. The molecule has 0 radical (unpaired) electrons. The van der Waals surface area contributed by atoms with Crippen LogP contribution >= 0.6 is 0 Å². The predicted octanol–water partition coefficient (Wildman–Crippen LogP) is 1.62. The Kier molecular flexibility index (Phi) is 7.16. The summed E-state index contributed by atoms with van der Waals surface area (Å²) < 4.78 is 32.9. The highest BCUT2D eigenvalue weighted by Crippen LogP contribution is 2.14. The lowest BCUT2D eigenvalue weighted by atomic mass is 10.0. The molecule has 156 valence electrons. The molecule has 0 saturated carbocycles. The number of nitrogens with one attached hydrogen (secondary N) is 2. The van der Waals surface area contributed by atoms with E-state index in [1.54, 1.807) is 19.9 Å². The van der Waals surface area contributed by atoms with E-state index in [4.69, 9.17) is 9.15 Å². The van der Waals surface area contributed by atoms with Crippen LogP contribution in [0.15, 0.2) is 52.0 Å². The van der Waals surface area contributed by atoms with E-state index < -0.39 is 40.3 Å². The van der Waals surface area contributed by atoms with Gasteiger partial charge >= 0.3 is 5.97 Å². The van der Waals surface area contributed by atoms with Crippen molar-refractivity contribution in [1.29, 1.82) is 0 Å². The SMILES string of the molecule is CC(C)[C@H](NC(=O)c1ccco1)C(=O)OCC(=O)Nc1ccc(S(C)(=O)=O)cc1. The van der Waals surface area contributed by atoms with Crippen molar-refractivity contribution in [3.05, 3.63) is 48.4 Å². The third kappa shape index (κ3) is 6.46. The predicted molar refractivity (Wildman–Crippen MR) is 104 cm³/mol. The molecule has 1 heterocycles. The number of benzene rings is 1. The lowest BCUT2D eigenvalue weighted by molar-refractivity contribution is -0.150. The molecule has 10 heteroatoms. The van der Waals surface area contributed by atoms with Crippen LogP contribution < -0.4 is 10.6 Å². The van der Waals surface area contributed by atoms with Gasteiger partial charge in [-0.15, -0.1) is 0 Å². The van der Waals surface area contributed by atoms with E-state index >= 15 is 0 Å². The largest absolute Gasteiger partial charge is 0.459 e. The van der Waals surface area contributed by atoms with Crippen LogP contribution in [0.2, 0.25) is 0 Å². The topological polar surface area (TPSA) is 132 Å². The minimum absolute atomic E-state index is 0.0544. The first kappa shape index (κ1) is 22.2. The van der Waals surface area contributed by atoms with Gasteiger partial charge in [0.1, 0.15) is 6.04 Å². The first-order valence-electron chi connectivity index (χ1n) is 8.69. The molecule has 1 aromatic carbocycles. The van der Waals surface area contributed by atoms with Crippen molar-refractivity contribution < 1.29 is 32.0 Å². The van der Waals surface area contributed by atoms with Crippen LogP contribution in [-0.4, -0.2) is 45.1 Å². The summed E-state index contributed by atoms with van der Waals surface area (Å²) >= 11 is 0. The molecule has 0 aliphatic rings. The van der Waals surface area contributed by atoms with E-state index in [9.17, 15) is 22.8 Å². The zero-order chi connectivity index (χ0) is 21.6. The van der Waals surface area contributed by atoms with Gasteiger partial charge in [0, 0.05) is 11.9 Å². The van der Waals surface area contributed by atoms with Crippen LogP contribution in [0.4, 0.5) is 5.69 Å². The second kappa shape index (κ2) is 9.37. The molecular weight excluding hydrogens is 400 g/mol. The molecule has 0 saturated heterocycles. The second-order valence-corrected chi connectivity index (χ2v) is 8.64. The van der Waals surface area contributed by atoms with E-state index in [1.807, 2.05) is 0 Å². The number of furan rings is 1. The molecule has 1 aromatic heterocycles. The molecule has 0 aliphatic carbocycles. The summed E-state index contributed by atoms with van der Waals surface area (Å²) in [6.45, 7) is 2.88. The standard InChI is InChI=1S/C19H22N2O7S/c1-12(2)17(21-18(23)15-5-4-10-27-15)19(24)28-11-16(22)20-13-6-8-14(9-7-13)29(3,25)26/h4-10,12,17H,11H2,1-3H3,(H,20,22)(H,21,23)/t17-/m0/s1. The highest BCUT2D eigenvalue weighted by atomic mass is 32.2. The third-order valence-corrected chi connectivity index (χ3v) is 4.99. The molecule has 1 atom stereocenters. The van der Waals surface area contributed by atoms with Gasteiger partial charge in [-0.2, -0.15) is 0 Å². The molecule has 0 spiro atoms. The fourth-order valence-electron chi connectivity index (χ4n) is 2.33. The fraction of sp³-hybridized carbons (Fsp3) is 0.316. The van der Waals surface area contributed by atoms with Gasteiger partial charge in [-0.1, -0.05) is 13.8 Å². The molecule has 0 fully saturated rings. The Hall–Kier alpha value is -3.14. The number of rotatable bonds is 8. The van der Waals surface area contributed by atoms with E-state index in [-0.39, 0.29) is 16.6 Å². The number of carbonyl (C=O) groups excluding carboxylic acids is 3. The van der Waals surface area contributed by atoms with Crippen molar-refractivity contribution in [3.8, 4) is 0 Å².